The van der Waals surface area contributed by atoms with E-state index in [1.165, 1.54) is 18.2 Å². The summed E-state index contributed by atoms with van der Waals surface area (Å²) in [6.45, 7) is 0. The summed E-state index contributed by atoms with van der Waals surface area (Å²) in [5.74, 6) is -1.29. The summed E-state index contributed by atoms with van der Waals surface area (Å²) < 4.78 is 18.5. The lowest BCUT2D eigenvalue weighted by Crippen LogP contribution is -2.45. The summed E-state index contributed by atoms with van der Waals surface area (Å²) in [7, 11) is 0. The van der Waals surface area contributed by atoms with Crippen molar-refractivity contribution >= 4 is 23.2 Å². The summed E-state index contributed by atoms with van der Waals surface area (Å²) >= 11 is 0. The third-order valence-corrected chi connectivity index (χ3v) is 2.96. The smallest absolute Gasteiger partial charge is 0.275 e. The minimum atomic E-state index is -1.32. The zero-order valence-electron chi connectivity index (χ0n) is 10.8. The Kier molecular flexibility index (Phi) is 3.27. The molecule has 2 amide bonds. The Labute approximate surface area is 119 Å². The lowest BCUT2D eigenvalue weighted by atomic mass is 10.2. The molecule has 0 saturated heterocycles. The van der Waals surface area contributed by atoms with Crippen LogP contribution in [-0.4, -0.2) is 17.9 Å². The summed E-state index contributed by atoms with van der Waals surface area (Å²) in [5, 5.41) is 5.04. The predicted octanol–water partition coefficient (Wildman–Crippen LogP) is 2.16. The monoisotopic (exact) mass is 286 g/mol. The number of rotatable bonds is 2. The highest BCUT2D eigenvalue weighted by molar-refractivity contribution is 6.15. The quantitative estimate of drug-likeness (QED) is 0.831. The van der Waals surface area contributed by atoms with Gasteiger partial charge in [-0.05, 0) is 30.3 Å². The van der Waals surface area contributed by atoms with Gasteiger partial charge in [0.05, 0.1) is 5.69 Å². The van der Waals surface area contributed by atoms with Crippen LogP contribution >= 0.6 is 0 Å². The molecule has 1 aliphatic rings. The molecular weight excluding hydrogens is 275 g/mol. The molecule has 2 aromatic carbocycles. The SMILES string of the molecule is O=C(Nc1cccc(F)c1)C1Oc2ccccc2NC1=O. The van der Waals surface area contributed by atoms with E-state index in [0.717, 1.165) is 6.07 Å². The van der Waals surface area contributed by atoms with Gasteiger partial charge in [-0.25, -0.2) is 4.39 Å². The lowest BCUT2D eigenvalue weighted by Gasteiger charge is -2.24. The van der Waals surface area contributed by atoms with Gasteiger partial charge >= 0.3 is 0 Å². The number of nitrogens with one attached hydrogen (secondary N) is 2. The fourth-order valence-electron chi connectivity index (χ4n) is 2.00. The van der Waals surface area contributed by atoms with Crippen molar-refractivity contribution in [2.45, 2.75) is 6.10 Å². The number of halogens is 1. The van der Waals surface area contributed by atoms with Crippen molar-refractivity contribution < 1.29 is 18.7 Å². The number of anilines is 2. The van der Waals surface area contributed by atoms with Crippen molar-refractivity contribution in [1.82, 2.24) is 0 Å². The Morgan fingerprint density at radius 2 is 2.00 bits per heavy atom. The first-order chi connectivity index (χ1) is 10.1. The fourth-order valence-corrected chi connectivity index (χ4v) is 2.00. The van der Waals surface area contributed by atoms with Crippen LogP contribution in [0.25, 0.3) is 0 Å². The van der Waals surface area contributed by atoms with Gasteiger partial charge in [0.25, 0.3) is 17.9 Å². The zero-order valence-corrected chi connectivity index (χ0v) is 10.8. The molecule has 106 valence electrons. The average molecular weight is 286 g/mol. The van der Waals surface area contributed by atoms with Crippen LogP contribution in [0.15, 0.2) is 48.5 Å². The van der Waals surface area contributed by atoms with Gasteiger partial charge in [0, 0.05) is 5.69 Å². The molecule has 2 aromatic rings. The van der Waals surface area contributed by atoms with E-state index in [4.69, 9.17) is 4.74 Å². The van der Waals surface area contributed by atoms with E-state index in [1.807, 2.05) is 0 Å². The van der Waals surface area contributed by atoms with E-state index in [9.17, 15) is 14.0 Å². The Balaban J connectivity index is 1.78. The first-order valence-corrected chi connectivity index (χ1v) is 6.26. The number of fused-ring (bicyclic) bond motifs is 1. The Morgan fingerprint density at radius 3 is 2.81 bits per heavy atom. The minimum Gasteiger partial charge on any atom is -0.468 e. The second-order valence-electron chi connectivity index (χ2n) is 4.48. The van der Waals surface area contributed by atoms with Crippen molar-refractivity contribution in [3.05, 3.63) is 54.3 Å². The molecule has 0 saturated carbocycles. The Hall–Kier alpha value is -2.89. The molecule has 0 spiro atoms. The number of carbonyl (C=O) groups is 2. The zero-order chi connectivity index (χ0) is 14.8. The van der Waals surface area contributed by atoms with Gasteiger partial charge < -0.3 is 15.4 Å². The van der Waals surface area contributed by atoms with Gasteiger partial charge in [0.15, 0.2) is 0 Å². The summed E-state index contributed by atoms with van der Waals surface area (Å²) in [5.41, 5.74) is 0.771. The molecule has 0 radical (unpaired) electrons. The van der Waals surface area contributed by atoms with Gasteiger partial charge in [0.1, 0.15) is 11.6 Å². The van der Waals surface area contributed by atoms with E-state index in [1.54, 1.807) is 24.3 Å². The molecule has 21 heavy (non-hydrogen) atoms. The second-order valence-corrected chi connectivity index (χ2v) is 4.48. The van der Waals surface area contributed by atoms with Crippen LogP contribution in [0.2, 0.25) is 0 Å². The van der Waals surface area contributed by atoms with Gasteiger partial charge in [-0.2, -0.15) is 0 Å². The first-order valence-electron chi connectivity index (χ1n) is 6.26. The van der Waals surface area contributed by atoms with E-state index >= 15 is 0 Å². The molecule has 1 atom stereocenters. The second kappa shape index (κ2) is 5.24. The standard InChI is InChI=1S/C15H11FN2O3/c16-9-4-3-5-10(8-9)17-14(19)13-15(20)18-11-6-1-2-7-12(11)21-13/h1-8,13H,(H,17,19)(H,18,20). The summed E-state index contributed by atoms with van der Waals surface area (Å²) in [6.07, 6.45) is -1.32. The number of ether oxygens (including phenoxy) is 1. The van der Waals surface area contributed by atoms with E-state index in [0.29, 0.717) is 11.4 Å². The molecule has 1 heterocycles. The highest BCUT2D eigenvalue weighted by Crippen LogP contribution is 2.29. The summed E-state index contributed by atoms with van der Waals surface area (Å²) in [6, 6.07) is 12.2. The van der Waals surface area contributed by atoms with Crippen LogP contribution in [0.1, 0.15) is 0 Å². The molecule has 6 heteroatoms. The Morgan fingerprint density at radius 1 is 1.19 bits per heavy atom. The number of hydrogen-bond donors (Lipinski definition) is 2. The molecule has 0 aliphatic carbocycles. The average Bonchev–Trinajstić information content (AvgIpc) is 2.46. The largest absolute Gasteiger partial charge is 0.468 e. The van der Waals surface area contributed by atoms with Crippen LogP contribution < -0.4 is 15.4 Å². The van der Waals surface area contributed by atoms with Gasteiger partial charge in [-0.1, -0.05) is 18.2 Å². The molecule has 1 aliphatic heterocycles. The molecule has 0 aromatic heterocycles. The van der Waals surface area contributed by atoms with Crippen molar-refractivity contribution in [3.8, 4) is 5.75 Å². The summed E-state index contributed by atoms with van der Waals surface area (Å²) in [4.78, 5) is 24.0. The maximum Gasteiger partial charge on any atom is 0.275 e. The molecular formula is C15H11FN2O3. The number of para-hydroxylation sites is 2. The van der Waals surface area contributed by atoms with Gasteiger partial charge in [-0.15, -0.1) is 0 Å². The molecule has 0 bridgehead atoms. The number of carbonyl (C=O) groups excluding carboxylic acids is 2. The number of amides is 2. The highest BCUT2D eigenvalue weighted by atomic mass is 19.1. The van der Waals surface area contributed by atoms with Crippen molar-refractivity contribution in [3.63, 3.8) is 0 Å². The maximum atomic E-state index is 13.1. The van der Waals surface area contributed by atoms with Crippen LogP contribution in [0.4, 0.5) is 15.8 Å². The van der Waals surface area contributed by atoms with Crippen LogP contribution in [0.5, 0.6) is 5.75 Å². The third-order valence-electron chi connectivity index (χ3n) is 2.96. The molecule has 3 rings (SSSR count). The topological polar surface area (TPSA) is 67.4 Å². The number of hydrogen-bond acceptors (Lipinski definition) is 3. The van der Waals surface area contributed by atoms with Crippen molar-refractivity contribution in [2.75, 3.05) is 10.6 Å². The molecule has 1 unspecified atom stereocenters. The van der Waals surface area contributed by atoms with Crippen LogP contribution in [0, 0.1) is 5.82 Å². The maximum absolute atomic E-state index is 13.1. The predicted molar refractivity (Wildman–Crippen MR) is 74.5 cm³/mol. The normalized spacial score (nSPS) is 16.4. The van der Waals surface area contributed by atoms with E-state index < -0.39 is 23.7 Å². The fraction of sp³-hybridized carbons (Fsp3) is 0.0667. The molecule has 5 nitrogen and oxygen atoms in total. The van der Waals surface area contributed by atoms with Crippen molar-refractivity contribution in [1.29, 1.82) is 0 Å². The van der Waals surface area contributed by atoms with E-state index in [-0.39, 0.29) is 5.69 Å². The van der Waals surface area contributed by atoms with Crippen LogP contribution in [0.3, 0.4) is 0 Å². The molecule has 0 fully saturated rings. The van der Waals surface area contributed by atoms with Gasteiger partial charge in [-0.3, -0.25) is 9.59 Å². The first kappa shape index (κ1) is 13.1. The third kappa shape index (κ3) is 2.69. The van der Waals surface area contributed by atoms with Crippen molar-refractivity contribution in [2.24, 2.45) is 0 Å². The number of benzene rings is 2. The lowest BCUT2D eigenvalue weighted by molar-refractivity contribution is -0.133. The Bertz CT molecular complexity index is 718. The minimum absolute atomic E-state index is 0.259. The van der Waals surface area contributed by atoms with E-state index in [2.05, 4.69) is 10.6 Å². The molecule has 2 N–H and O–H groups in total. The highest BCUT2D eigenvalue weighted by Gasteiger charge is 2.33. The van der Waals surface area contributed by atoms with Crippen LogP contribution in [-0.2, 0) is 9.59 Å². The van der Waals surface area contributed by atoms with Gasteiger partial charge in [0.2, 0.25) is 0 Å².